The molecule has 1 saturated carbocycles. The fourth-order valence-electron chi connectivity index (χ4n) is 9.91. The summed E-state index contributed by atoms with van der Waals surface area (Å²) >= 11 is 12.3. The van der Waals surface area contributed by atoms with Gasteiger partial charge in [0.05, 0.1) is 39.9 Å². The molecule has 4 heterocycles. The number of para-hydroxylation sites is 1. The number of imide groups is 1. The number of piperidine rings is 1. The number of nitrogens with zero attached hydrogens (tertiary/aromatic N) is 7. The van der Waals surface area contributed by atoms with E-state index >= 15 is 0 Å². The fourth-order valence-corrected chi connectivity index (χ4v) is 10.7. The van der Waals surface area contributed by atoms with Crippen molar-refractivity contribution in [3.63, 3.8) is 0 Å². The van der Waals surface area contributed by atoms with E-state index in [9.17, 15) is 24.4 Å². The molecule has 2 aromatic carbocycles. The zero-order valence-corrected chi connectivity index (χ0v) is 35.2. The first-order chi connectivity index (χ1) is 27.2. The predicted octanol–water partition coefficient (Wildman–Crippen LogP) is 5.88. The minimum Gasteiger partial charge on any atom is -0.331 e. The smallest absolute Gasteiger partial charge is 0.258 e. The van der Waals surface area contributed by atoms with Gasteiger partial charge in [-0.25, -0.2) is 0 Å². The Kier molecular flexibility index (Phi) is 11.9. The molecule has 4 aliphatic rings. The third-order valence-electron chi connectivity index (χ3n) is 12.8. The number of thiocarbonyl (C=S) groups is 1. The number of Topliss-reactive ketones (excluding diaryl/α,β-unsaturated/α-hetero) is 1. The summed E-state index contributed by atoms with van der Waals surface area (Å²) in [7, 11) is 1.85. The lowest BCUT2D eigenvalue weighted by atomic mass is 9.82. The molecule has 3 saturated heterocycles. The molecule has 3 atom stereocenters. The first-order valence-corrected chi connectivity index (χ1v) is 21.1. The summed E-state index contributed by atoms with van der Waals surface area (Å²) in [4.78, 5) is 60.3. The first-order valence-electron chi connectivity index (χ1n) is 20.3. The lowest BCUT2D eigenvalue weighted by Gasteiger charge is -2.44. The maximum Gasteiger partial charge on any atom is 0.258 e. The van der Waals surface area contributed by atoms with Crippen molar-refractivity contribution in [1.82, 2.24) is 29.8 Å². The predicted molar refractivity (Wildman–Crippen MR) is 224 cm³/mol. The van der Waals surface area contributed by atoms with Crippen LogP contribution in [-0.2, 0) is 32.6 Å². The number of fused-ring (bicyclic) bond motifs is 1. The van der Waals surface area contributed by atoms with Gasteiger partial charge in [0.15, 0.2) is 10.9 Å². The summed E-state index contributed by atoms with van der Waals surface area (Å²) in [5.41, 5.74) is 2.60. The third-order valence-corrected chi connectivity index (χ3v) is 13.5. The van der Waals surface area contributed by atoms with Crippen LogP contribution in [0.4, 0.5) is 5.69 Å². The highest BCUT2D eigenvalue weighted by atomic mass is 35.5. The van der Waals surface area contributed by atoms with Crippen LogP contribution in [-0.4, -0.2) is 103 Å². The van der Waals surface area contributed by atoms with Crippen LogP contribution >= 0.6 is 23.8 Å². The van der Waals surface area contributed by atoms with Crippen molar-refractivity contribution in [3.05, 3.63) is 58.2 Å². The molecule has 1 aromatic heterocycles. The number of nitriles is 1. The number of anilines is 1. The number of carbonyl (C=O) groups excluding carboxylic acids is 4. The van der Waals surface area contributed by atoms with Crippen LogP contribution in [0.15, 0.2) is 36.4 Å². The summed E-state index contributed by atoms with van der Waals surface area (Å²) in [5, 5.41) is 18.1. The van der Waals surface area contributed by atoms with Crippen LogP contribution in [0.1, 0.15) is 102 Å². The quantitative estimate of drug-likeness (QED) is 0.185. The Morgan fingerprint density at radius 2 is 1.77 bits per heavy atom. The minimum atomic E-state index is -0.772. The normalized spacial score (nSPS) is 25.9. The summed E-state index contributed by atoms with van der Waals surface area (Å²) in [6.45, 7) is 11.6. The number of aromatic nitrogens is 2. The highest BCUT2D eigenvalue weighted by Crippen LogP contribution is 2.40. The van der Waals surface area contributed by atoms with E-state index in [1.807, 2.05) is 39.1 Å². The molecular formula is C43H53ClN8O4S. The molecule has 302 valence electrons. The third kappa shape index (κ3) is 8.11. The molecular weight excluding hydrogens is 760 g/mol. The molecule has 4 fully saturated rings. The topological polar surface area (TPSA) is 135 Å². The average molecular weight is 813 g/mol. The highest BCUT2D eigenvalue weighted by molar-refractivity contribution is 7.80. The second-order valence-corrected chi connectivity index (χ2v) is 17.9. The lowest BCUT2D eigenvalue weighted by molar-refractivity contribution is -0.134. The van der Waals surface area contributed by atoms with E-state index in [-0.39, 0.29) is 54.5 Å². The minimum absolute atomic E-state index is 0.0762. The summed E-state index contributed by atoms with van der Waals surface area (Å²) in [6, 6.07) is 13.6. The SMILES string of the molecule is C[C@@H]1CN(CCCC2CCC(N3C(=S)N(c4ccc(C#N)c(Cl)c4)C(=O)C3(C)C)CC2)C[C@H](C)N1CC(=O)Cc1cccc2c(C3CCC(=O)NC3=O)nn(C)c12. The van der Waals surface area contributed by atoms with Crippen LogP contribution in [0.25, 0.3) is 10.9 Å². The molecule has 7 rings (SSSR count). The molecule has 0 spiro atoms. The molecule has 14 heteroatoms. The number of ketones is 1. The van der Waals surface area contributed by atoms with Gasteiger partial charge in [-0.3, -0.25) is 39.0 Å². The second-order valence-electron chi connectivity index (χ2n) is 17.1. The number of piperazine rings is 1. The van der Waals surface area contributed by atoms with Crippen molar-refractivity contribution in [1.29, 1.82) is 5.26 Å². The van der Waals surface area contributed by atoms with E-state index in [1.165, 1.54) is 6.42 Å². The van der Waals surface area contributed by atoms with Gasteiger partial charge in [-0.2, -0.15) is 10.4 Å². The zero-order valence-electron chi connectivity index (χ0n) is 33.6. The Morgan fingerprint density at radius 1 is 1.05 bits per heavy atom. The van der Waals surface area contributed by atoms with Crippen molar-refractivity contribution in [2.24, 2.45) is 13.0 Å². The van der Waals surface area contributed by atoms with Gasteiger partial charge in [0, 0.05) is 56.5 Å². The van der Waals surface area contributed by atoms with Crippen molar-refractivity contribution < 1.29 is 19.2 Å². The Morgan fingerprint density at radius 3 is 2.44 bits per heavy atom. The number of aryl methyl sites for hydroxylation is 1. The molecule has 3 aliphatic heterocycles. The largest absolute Gasteiger partial charge is 0.331 e. The maximum absolute atomic E-state index is 13.7. The van der Waals surface area contributed by atoms with E-state index in [1.54, 1.807) is 27.8 Å². The van der Waals surface area contributed by atoms with Crippen LogP contribution in [0.5, 0.6) is 0 Å². The molecule has 0 radical (unpaired) electrons. The van der Waals surface area contributed by atoms with Gasteiger partial charge >= 0.3 is 0 Å². The van der Waals surface area contributed by atoms with Crippen LogP contribution in [0, 0.1) is 17.2 Å². The Bertz CT molecular complexity index is 2130. The van der Waals surface area contributed by atoms with Crippen molar-refractivity contribution in [3.8, 4) is 6.07 Å². The van der Waals surface area contributed by atoms with Gasteiger partial charge in [0.25, 0.3) is 5.91 Å². The van der Waals surface area contributed by atoms with E-state index in [4.69, 9.17) is 28.9 Å². The Hall–Kier alpha value is -4.22. The van der Waals surface area contributed by atoms with Crippen molar-refractivity contribution in [2.45, 2.75) is 115 Å². The number of nitrogens with one attached hydrogen (secondary N) is 1. The van der Waals surface area contributed by atoms with Crippen LogP contribution < -0.4 is 10.2 Å². The van der Waals surface area contributed by atoms with Gasteiger partial charge in [-0.1, -0.05) is 29.8 Å². The van der Waals surface area contributed by atoms with Gasteiger partial charge in [0.1, 0.15) is 11.6 Å². The molecule has 12 nitrogen and oxygen atoms in total. The number of hydrogen-bond acceptors (Lipinski definition) is 9. The van der Waals surface area contributed by atoms with E-state index in [0.717, 1.165) is 68.2 Å². The Balaban J connectivity index is 0.876. The monoisotopic (exact) mass is 812 g/mol. The molecule has 1 unspecified atom stereocenters. The van der Waals surface area contributed by atoms with Crippen LogP contribution in [0.3, 0.4) is 0 Å². The molecule has 0 bridgehead atoms. The maximum atomic E-state index is 13.7. The van der Waals surface area contributed by atoms with Gasteiger partial charge in [-0.05, 0) is 121 Å². The van der Waals surface area contributed by atoms with Gasteiger partial charge in [-0.15, -0.1) is 0 Å². The van der Waals surface area contributed by atoms with Gasteiger partial charge in [0.2, 0.25) is 11.8 Å². The molecule has 1 N–H and O–H groups in total. The molecule has 3 amide bonds. The highest BCUT2D eigenvalue weighted by Gasteiger charge is 2.52. The molecule has 3 aromatic rings. The number of hydrogen-bond donors (Lipinski definition) is 1. The van der Waals surface area contributed by atoms with Crippen LogP contribution in [0.2, 0.25) is 5.02 Å². The number of amides is 3. The number of rotatable bonds is 11. The lowest BCUT2D eigenvalue weighted by Crippen LogP contribution is -2.58. The molecule has 1 aliphatic carbocycles. The van der Waals surface area contributed by atoms with Gasteiger partial charge < -0.3 is 9.80 Å². The number of benzene rings is 2. The summed E-state index contributed by atoms with van der Waals surface area (Å²) in [6.07, 6.45) is 7.48. The van der Waals surface area contributed by atoms with Crippen molar-refractivity contribution >= 4 is 69.0 Å². The zero-order chi connectivity index (χ0) is 40.8. The van der Waals surface area contributed by atoms with E-state index in [0.29, 0.717) is 46.0 Å². The summed E-state index contributed by atoms with van der Waals surface area (Å²) in [5.74, 6) is -0.330. The standard InChI is InChI=1S/C43H53ClN8O4S/c1-26-23-49(19-7-8-28-11-14-31(15-12-28)52-42(57)51(41(56)43(52,3)4)32-16-13-30(22-45)36(44)21-32)24-27(2)50(26)25-33(53)20-29-9-6-10-34-38(47-48(5)39(29)34)35-17-18-37(54)46-40(35)55/h6,9-10,13,16,21,26-28,31,35H,7-8,11-12,14-15,17-20,23-25H2,1-5H3,(H,46,54,55)/t26-,27+,28?,31?,35?. The fraction of sp³-hybridized carbons (Fsp3) is 0.558. The summed E-state index contributed by atoms with van der Waals surface area (Å²) < 4.78 is 1.77. The molecule has 57 heavy (non-hydrogen) atoms. The number of carbonyl (C=O) groups is 4. The van der Waals surface area contributed by atoms with E-state index < -0.39 is 11.5 Å². The van der Waals surface area contributed by atoms with E-state index in [2.05, 4.69) is 39.9 Å². The Labute approximate surface area is 345 Å². The first kappa shape index (κ1) is 41.0. The van der Waals surface area contributed by atoms with Crippen molar-refractivity contribution in [2.75, 3.05) is 31.1 Å². The number of halogens is 1. The second kappa shape index (κ2) is 16.6. The average Bonchev–Trinajstić information content (AvgIpc) is 3.58.